The predicted molar refractivity (Wildman–Crippen MR) is 122 cm³/mol. The standard InChI is InChI=1S/C23H25F2N7O2/c1-13-22(33)32-6-4-5-18-19(32)21(30(13)2)29-23(28-18)26-9-15-10-27-31(12-15)11-14-7-16(24)20(34-3)17(25)8-14/h7-8,10,12-13H,4-6,9,11H2,1-3H3,(H,26,28,29). The van der Waals surface area contributed by atoms with Gasteiger partial charge in [-0.25, -0.2) is 13.8 Å². The van der Waals surface area contributed by atoms with Gasteiger partial charge in [0.1, 0.15) is 11.7 Å². The van der Waals surface area contributed by atoms with Gasteiger partial charge in [0.2, 0.25) is 11.9 Å². The van der Waals surface area contributed by atoms with Gasteiger partial charge in [0.15, 0.2) is 23.2 Å². The molecule has 2 aliphatic heterocycles. The molecule has 3 aromatic rings. The Morgan fingerprint density at radius 1 is 1.21 bits per heavy atom. The zero-order chi connectivity index (χ0) is 24.0. The SMILES string of the molecule is COc1c(F)cc(Cn2cc(CNc3nc4c5c(n3)N(C)C(C)C(=O)N5CCC4)cn2)cc1F. The van der Waals surface area contributed by atoms with Crippen LogP contribution >= 0.6 is 0 Å². The van der Waals surface area contributed by atoms with Crippen molar-refractivity contribution in [3.8, 4) is 5.75 Å². The minimum absolute atomic E-state index is 0.0734. The second kappa shape index (κ2) is 8.54. The Kier molecular flexibility index (Phi) is 5.54. The Balaban J connectivity index is 1.31. The lowest BCUT2D eigenvalue weighted by molar-refractivity contribution is -0.119. The minimum atomic E-state index is -0.750. The quantitative estimate of drug-likeness (QED) is 0.594. The highest BCUT2D eigenvalue weighted by Crippen LogP contribution is 2.39. The zero-order valence-corrected chi connectivity index (χ0v) is 19.2. The van der Waals surface area contributed by atoms with Crippen LogP contribution in [0.15, 0.2) is 24.5 Å². The molecular formula is C23H25F2N7O2. The van der Waals surface area contributed by atoms with Crippen molar-refractivity contribution >= 4 is 23.4 Å². The third kappa shape index (κ3) is 3.80. The summed E-state index contributed by atoms with van der Waals surface area (Å²) < 4.78 is 34.3. The summed E-state index contributed by atoms with van der Waals surface area (Å²) in [6, 6.07) is 2.19. The summed E-state index contributed by atoms with van der Waals surface area (Å²) >= 11 is 0. The number of methoxy groups -OCH3 is 1. The van der Waals surface area contributed by atoms with E-state index in [1.165, 1.54) is 19.2 Å². The number of carbonyl (C=O) groups excluding carboxylic acids is 1. The molecule has 178 valence electrons. The Labute approximate surface area is 195 Å². The summed E-state index contributed by atoms with van der Waals surface area (Å²) in [5.74, 6) is -0.594. The number of hydrogen-bond donors (Lipinski definition) is 1. The normalized spacial score (nSPS) is 17.1. The molecule has 9 nitrogen and oxygen atoms in total. The van der Waals surface area contributed by atoms with E-state index in [0.29, 0.717) is 24.6 Å². The Morgan fingerprint density at radius 2 is 1.97 bits per heavy atom. The molecule has 2 aliphatic rings. The van der Waals surface area contributed by atoms with Crippen LogP contribution in [0.2, 0.25) is 0 Å². The first-order valence-electron chi connectivity index (χ1n) is 11.1. The fourth-order valence-electron chi connectivity index (χ4n) is 4.43. The van der Waals surface area contributed by atoms with E-state index >= 15 is 0 Å². The van der Waals surface area contributed by atoms with Crippen molar-refractivity contribution in [3.05, 3.63) is 53.0 Å². The Hall–Kier alpha value is -3.76. The number of likely N-dealkylation sites (N-methyl/N-ethyl adjacent to an activating group) is 1. The predicted octanol–water partition coefficient (Wildman–Crippen LogP) is 2.74. The number of anilines is 3. The molecule has 11 heteroatoms. The smallest absolute Gasteiger partial charge is 0.249 e. The number of aromatic nitrogens is 4. The van der Waals surface area contributed by atoms with E-state index in [9.17, 15) is 13.6 Å². The van der Waals surface area contributed by atoms with Crippen LogP contribution in [0.4, 0.5) is 26.2 Å². The van der Waals surface area contributed by atoms with E-state index < -0.39 is 17.4 Å². The first-order valence-corrected chi connectivity index (χ1v) is 11.1. The lowest BCUT2D eigenvalue weighted by Crippen LogP contribution is -2.53. The van der Waals surface area contributed by atoms with Crippen molar-refractivity contribution in [1.82, 2.24) is 19.7 Å². The third-order valence-corrected chi connectivity index (χ3v) is 6.29. The van der Waals surface area contributed by atoms with Gasteiger partial charge in [-0.2, -0.15) is 10.1 Å². The second-order valence-corrected chi connectivity index (χ2v) is 8.54. The highest BCUT2D eigenvalue weighted by Gasteiger charge is 2.38. The van der Waals surface area contributed by atoms with Gasteiger partial charge in [-0.3, -0.25) is 9.48 Å². The maximum absolute atomic E-state index is 14.0. The number of carbonyl (C=O) groups is 1. The molecular weight excluding hydrogens is 444 g/mol. The molecule has 1 atom stereocenters. The van der Waals surface area contributed by atoms with E-state index in [1.54, 1.807) is 22.0 Å². The van der Waals surface area contributed by atoms with Crippen LogP contribution in [0.5, 0.6) is 5.75 Å². The Bertz CT molecular complexity index is 1240. The van der Waals surface area contributed by atoms with Crippen molar-refractivity contribution in [2.45, 2.75) is 38.9 Å². The molecule has 0 saturated carbocycles. The number of amides is 1. The molecule has 4 heterocycles. The molecule has 0 fully saturated rings. The summed E-state index contributed by atoms with van der Waals surface area (Å²) in [6.07, 6.45) is 5.13. The van der Waals surface area contributed by atoms with E-state index in [0.717, 1.165) is 35.6 Å². The highest BCUT2D eigenvalue weighted by atomic mass is 19.1. The first kappa shape index (κ1) is 22.1. The molecule has 1 N–H and O–H groups in total. The van der Waals surface area contributed by atoms with E-state index in [4.69, 9.17) is 4.74 Å². The van der Waals surface area contributed by atoms with Crippen molar-refractivity contribution in [3.63, 3.8) is 0 Å². The molecule has 1 aromatic carbocycles. The number of nitrogens with zero attached hydrogens (tertiary/aromatic N) is 6. The van der Waals surface area contributed by atoms with Gasteiger partial charge in [0, 0.05) is 31.9 Å². The van der Waals surface area contributed by atoms with Crippen LogP contribution in [-0.2, 0) is 24.3 Å². The topological polar surface area (TPSA) is 88.4 Å². The second-order valence-electron chi connectivity index (χ2n) is 8.54. The van der Waals surface area contributed by atoms with Gasteiger partial charge in [-0.1, -0.05) is 0 Å². The summed E-state index contributed by atoms with van der Waals surface area (Å²) in [5, 5.41) is 7.53. The summed E-state index contributed by atoms with van der Waals surface area (Å²) in [4.78, 5) is 25.7. The van der Waals surface area contributed by atoms with Crippen LogP contribution in [-0.4, -0.2) is 52.4 Å². The lowest BCUT2D eigenvalue weighted by atomic mass is 10.0. The summed E-state index contributed by atoms with van der Waals surface area (Å²) in [6.45, 7) is 3.20. The molecule has 0 spiro atoms. The summed E-state index contributed by atoms with van der Waals surface area (Å²) in [5.41, 5.74) is 2.98. The fourth-order valence-corrected chi connectivity index (χ4v) is 4.43. The van der Waals surface area contributed by atoms with Crippen molar-refractivity contribution in [2.24, 2.45) is 0 Å². The van der Waals surface area contributed by atoms with Gasteiger partial charge in [-0.05, 0) is 37.5 Å². The van der Waals surface area contributed by atoms with E-state index in [2.05, 4.69) is 20.4 Å². The van der Waals surface area contributed by atoms with Gasteiger partial charge in [0.05, 0.1) is 25.5 Å². The average Bonchev–Trinajstić information content (AvgIpc) is 3.26. The largest absolute Gasteiger partial charge is 0.491 e. The van der Waals surface area contributed by atoms with Crippen LogP contribution < -0.4 is 19.9 Å². The molecule has 34 heavy (non-hydrogen) atoms. The van der Waals surface area contributed by atoms with Crippen molar-refractivity contribution < 1.29 is 18.3 Å². The monoisotopic (exact) mass is 469 g/mol. The number of nitrogens with one attached hydrogen (secondary N) is 1. The number of ether oxygens (including phenoxy) is 1. The van der Waals surface area contributed by atoms with Gasteiger partial charge < -0.3 is 19.9 Å². The van der Waals surface area contributed by atoms with Crippen LogP contribution in [0.25, 0.3) is 0 Å². The van der Waals surface area contributed by atoms with Gasteiger partial charge in [0.25, 0.3) is 0 Å². The van der Waals surface area contributed by atoms with Crippen LogP contribution in [0, 0.1) is 11.6 Å². The molecule has 1 amide bonds. The lowest BCUT2D eigenvalue weighted by Gasteiger charge is -2.41. The van der Waals surface area contributed by atoms with Gasteiger partial charge in [-0.15, -0.1) is 0 Å². The molecule has 0 saturated heterocycles. The molecule has 5 rings (SSSR count). The Morgan fingerprint density at radius 3 is 2.71 bits per heavy atom. The molecule has 1 unspecified atom stereocenters. The fraction of sp³-hybridized carbons (Fsp3) is 0.391. The van der Waals surface area contributed by atoms with Crippen LogP contribution in [0.3, 0.4) is 0 Å². The minimum Gasteiger partial charge on any atom is -0.491 e. The maximum atomic E-state index is 14.0. The average molecular weight is 469 g/mol. The van der Waals surface area contributed by atoms with Crippen LogP contribution in [0.1, 0.15) is 30.2 Å². The highest BCUT2D eigenvalue weighted by molar-refractivity contribution is 6.05. The number of hydrogen-bond acceptors (Lipinski definition) is 7. The zero-order valence-electron chi connectivity index (χ0n) is 19.2. The third-order valence-electron chi connectivity index (χ3n) is 6.29. The van der Waals surface area contributed by atoms with E-state index in [-0.39, 0.29) is 18.5 Å². The molecule has 2 aromatic heterocycles. The van der Waals surface area contributed by atoms with E-state index in [1.807, 2.05) is 18.9 Å². The first-order chi connectivity index (χ1) is 16.4. The van der Waals surface area contributed by atoms with Gasteiger partial charge >= 0.3 is 0 Å². The number of halogens is 2. The maximum Gasteiger partial charge on any atom is 0.249 e. The number of benzene rings is 1. The number of rotatable bonds is 6. The van der Waals surface area contributed by atoms with Crippen molar-refractivity contribution in [2.75, 3.05) is 35.8 Å². The molecule has 0 aliphatic carbocycles. The van der Waals surface area contributed by atoms with Crippen molar-refractivity contribution in [1.29, 1.82) is 0 Å². The summed E-state index contributed by atoms with van der Waals surface area (Å²) in [7, 11) is 3.10. The number of aryl methyl sites for hydroxylation is 1. The molecule has 0 radical (unpaired) electrons. The molecule has 0 bridgehead atoms.